The fraction of sp³-hybridized carbons (Fsp3) is 0.267. The van der Waals surface area contributed by atoms with E-state index in [1.54, 1.807) is 62.8 Å². The van der Waals surface area contributed by atoms with Crippen molar-refractivity contribution in [3.63, 3.8) is 0 Å². The Kier molecular flexibility index (Phi) is 8.11. The van der Waals surface area contributed by atoms with Crippen molar-refractivity contribution in [1.82, 2.24) is 0 Å². The van der Waals surface area contributed by atoms with Crippen molar-refractivity contribution >= 4 is 23.4 Å². The van der Waals surface area contributed by atoms with Crippen LogP contribution in [0.15, 0.2) is 54.6 Å². The predicted octanol–water partition coefficient (Wildman–Crippen LogP) is 4.60. The van der Waals surface area contributed by atoms with Gasteiger partial charge >= 0.3 is 5.97 Å². The lowest BCUT2D eigenvalue weighted by molar-refractivity contribution is -0.133. The van der Waals surface area contributed by atoms with Gasteiger partial charge in [-0.3, -0.25) is 4.79 Å². The number of hydrogen-bond acceptors (Lipinski definition) is 9. The molecule has 0 saturated heterocycles. The molecule has 0 N–H and O–H groups in total. The number of Topliss-reactive ketones (excluding diaryl/α,β-unsaturated/α-hetero) is 1. The fourth-order valence-corrected chi connectivity index (χ4v) is 4.45. The summed E-state index contributed by atoms with van der Waals surface area (Å²) in [4.78, 5) is 27.1. The van der Waals surface area contributed by atoms with Crippen molar-refractivity contribution in [2.45, 2.75) is 12.2 Å². The van der Waals surface area contributed by atoms with Crippen LogP contribution in [0.4, 0.5) is 0 Å². The number of fused-ring (bicyclic) bond motifs is 1. The van der Waals surface area contributed by atoms with Gasteiger partial charge in [-0.2, -0.15) is 0 Å². The zero-order valence-corrected chi connectivity index (χ0v) is 22.7. The van der Waals surface area contributed by atoms with Crippen LogP contribution >= 0.6 is 0 Å². The molecule has 0 unspecified atom stereocenters. The van der Waals surface area contributed by atoms with Crippen molar-refractivity contribution < 1.29 is 42.7 Å². The first-order valence-corrected chi connectivity index (χ1v) is 12.0. The fourth-order valence-electron chi connectivity index (χ4n) is 4.45. The molecule has 3 aromatic carbocycles. The Morgan fingerprint density at radius 1 is 0.821 bits per heavy atom. The van der Waals surface area contributed by atoms with E-state index >= 15 is 0 Å². The van der Waals surface area contributed by atoms with Crippen molar-refractivity contribution in [3.05, 3.63) is 76.9 Å². The van der Waals surface area contributed by atoms with Crippen molar-refractivity contribution in [2.75, 3.05) is 42.7 Å². The summed E-state index contributed by atoms with van der Waals surface area (Å²) in [6, 6.07) is 15.9. The summed E-state index contributed by atoms with van der Waals surface area (Å²) in [6.45, 7) is 0. The summed E-state index contributed by atoms with van der Waals surface area (Å²) < 4.78 is 38.9. The average Bonchev–Trinajstić information content (AvgIpc) is 3.27. The van der Waals surface area contributed by atoms with Crippen LogP contribution < -0.4 is 23.7 Å². The molecule has 1 aliphatic rings. The molecule has 0 aromatic heterocycles. The molecule has 9 nitrogen and oxygen atoms in total. The van der Waals surface area contributed by atoms with Crippen molar-refractivity contribution in [3.8, 4) is 28.7 Å². The van der Waals surface area contributed by atoms with E-state index in [2.05, 4.69) is 0 Å². The third-order valence-electron chi connectivity index (χ3n) is 6.52. The Bertz CT molecular complexity index is 1390. The lowest BCUT2D eigenvalue weighted by Crippen LogP contribution is -2.44. The number of methoxy groups -OCH3 is 6. The zero-order valence-electron chi connectivity index (χ0n) is 22.7. The number of ether oxygens (including phenoxy) is 7. The second-order valence-electron chi connectivity index (χ2n) is 8.60. The van der Waals surface area contributed by atoms with E-state index in [1.165, 1.54) is 28.4 Å². The number of esters is 1. The maximum absolute atomic E-state index is 14.0. The Morgan fingerprint density at radius 2 is 1.41 bits per heavy atom. The van der Waals surface area contributed by atoms with Crippen LogP contribution in [0.3, 0.4) is 0 Å². The summed E-state index contributed by atoms with van der Waals surface area (Å²) in [5, 5.41) is 0. The van der Waals surface area contributed by atoms with Gasteiger partial charge in [-0.05, 0) is 41.5 Å². The largest absolute Gasteiger partial charge is 0.497 e. The number of rotatable bonds is 10. The number of carbonyl (C=O) groups excluding carboxylic acids is 2. The minimum absolute atomic E-state index is 0.0850. The molecule has 3 aromatic rings. The maximum atomic E-state index is 14.0. The quantitative estimate of drug-likeness (QED) is 0.210. The van der Waals surface area contributed by atoms with E-state index in [0.717, 1.165) is 5.56 Å². The minimum Gasteiger partial charge on any atom is -0.497 e. The molecule has 204 valence electrons. The highest BCUT2D eigenvalue weighted by Crippen LogP contribution is 2.51. The molecule has 4 rings (SSSR count). The number of hydrogen-bond donors (Lipinski definition) is 0. The smallest absolute Gasteiger partial charge is 0.338 e. The second-order valence-corrected chi connectivity index (χ2v) is 8.60. The third-order valence-corrected chi connectivity index (χ3v) is 6.52. The van der Waals surface area contributed by atoms with E-state index in [4.69, 9.17) is 33.2 Å². The van der Waals surface area contributed by atoms with Gasteiger partial charge in [0.05, 0.1) is 46.7 Å². The topological polar surface area (TPSA) is 98.8 Å². The number of ketones is 1. The number of carbonyl (C=O) groups is 2. The first-order chi connectivity index (χ1) is 18.8. The molecule has 39 heavy (non-hydrogen) atoms. The Morgan fingerprint density at radius 3 is 1.92 bits per heavy atom. The van der Waals surface area contributed by atoms with Crippen LogP contribution in [0, 0.1) is 0 Å². The molecular formula is C30H30O9. The van der Waals surface area contributed by atoms with Gasteiger partial charge in [0.15, 0.2) is 0 Å². The van der Waals surface area contributed by atoms with E-state index in [-0.39, 0.29) is 40.4 Å². The van der Waals surface area contributed by atoms with Crippen molar-refractivity contribution in [2.24, 2.45) is 0 Å². The van der Waals surface area contributed by atoms with E-state index in [9.17, 15) is 9.59 Å². The monoisotopic (exact) mass is 534 g/mol. The molecule has 1 heterocycles. The van der Waals surface area contributed by atoms with Crippen molar-refractivity contribution in [1.29, 1.82) is 0 Å². The highest BCUT2D eigenvalue weighted by molar-refractivity contribution is 6.24. The van der Waals surface area contributed by atoms with E-state index < -0.39 is 17.5 Å². The van der Waals surface area contributed by atoms with Crippen LogP contribution in [0.25, 0.3) is 11.6 Å². The predicted molar refractivity (Wildman–Crippen MR) is 144 cm³/mol. The third kappa shape index (κ3) is 5.13. The molecule has 1 aliphatic heterocycles. The van der Waals surface area contributed by atoms with Crippen LogP contribution in [-0.2, 0) is 20.7 Å². The van der Waals surface area contributed by atoms with E-state index in [1.807, 2.05) is 12.1 Å². The molecule has 0 bridgehead atoms. The van der Waals surface area contributed by atoms with Gasteiger partial charge in [0, 0.05) is 19.6 Å². The summed E-state index contributed by atoms with van der Waals surface area (Å²) in [6.07, 6.45) is 1.71. The highest BCUT2D eigenvalue weighted by Gasteiger charge is 2.52. The first-order valence-electron chi connectivity index (χ1n) is 12.0. The summed E-state index contributed by atoms with van der Waals surface area (Å²) in [7, 11) is 8.70. The van der Waals surface area contributed by atoms with Crippen LogP contribution in [0.2, 0.25) is 0 Å². The van der Waals surface area contributed by atoms with Crippen LogP contribution in [0.5, 0.6) is 28.7 Å². The summed E-state index contributed by atoms with van der Waals surface area (Å²) in [5.74, 6) is -0.927. The summed E-state index contributed by atoms with van der Waals surface area (Å²) >= 11 is 0. The van der Waals surface area contributed by atoms with Gasteiger partial charge in [0.1, 0.15) is 34.3 Å². The minimum atomic E-state index is -1.72. The van der Waals surface area contributed by atoms with Crippen LogP contribution in [-0.4, -0.2) is 60.2 Å². The molecule has 0 fully saturated rings. The lowest BCUT2D eigenvalue weighted by Gasteiger charge is -2.26. The van der Waals surface area contributed by atoms with Gasteiger partial charge in [0.25, 0.3) is 5.79 Å². The molecule has 0 aliphatic carbocycles. The zero-order chi connectivity index (χ0) is 28.2. The molecule has 1 atom stereocenters. The molecule has 0 saturated carbocycles. The molecule has 0 spiro atoms. The van der Waals surface area contributed by atoms with E-state index in [0.29, 0.717) is 17.1 Å². The number of benzene rings is 3. The molecular weight excluding hydrogens is 504 g/mol. The molecule has 0 radical (unpaired) electrons. The van der Waals surface area contributed by atoms with Gasteiger partial charge in [-0.1, -0.05) is 24.3 Å². The normalized spacial score (nSPS) is 16.3. The molecule has 9 heteroatoms. The Labute approximate surface area is 226 Å². The first kappa shape index (κ1) is 27.5. The second kappa shape index (κ2) is 11.5. The highest BCUT2D eigenvalue weighted by atomic mass is 16.7. The average molecular weight is 535 g/mol. The van der Waals surface area contributed by atoms with Gasteiger partial charge in [-0.15, -0.1) is 0 Å². The van der Waals surface area contributed by atoms with Gasteiger partial charge in [-0.25, -0.2) is 4.79 Å². The lowest BCUT2D eigenvalue weighted by atomic mass is 9.94. The van der Waals surface area contributed by atoms with Gasteiger partial charge in [0.2, 0.25) is 5.78 Å². The SMILES string of the molecule is COC(=O)C(=Cc1ccc(OC)cc1)c1c(OC)cc(OC)c2c1O[C@@](Cc1ccc(OC)cc1)(OC)C2=O. The van der Waals surface area contributed by atoms with Gasteiger partial charge < -0.3 is 33.2 Å². The Hall–Kier alpha value is -4.50. The Balaban J connectivity index is 1.90. The summed E-state index contributed by atoms with van der Waals surface area (Å²) in [5.41, 5.74) is 1.94. The van der Waals surface area contributed by atoms with Crippen LogP contribution in [0.1, 0.15) is 27.0 Å². The molecule has 0 amide bonds. The maximum Gasteiger partial charge on any atom is 0.338 e. The standard InChI is InChI=1S/C30H30O9/c1-33-20-11-7-18(8-12-20)15-22(29(32)37-5)25-23(35-3)16-24(36-4)26-27(25)39-30(38-6,28(26)31)17-19-9-13-21(34-2)14-10-19/h7-16H,17H2,1-6H3/t30-/m1/s1.